The Hall–Kier alpha value is -3.15. The first-order chi connectivity index (χ1) is 12.0. The van der Waals surface area contributed by atoms with Gasteiger partial charge in [-0.3, -0.25) is 9.69 Å². The monoisotopic (exact) mass is 335 g/mol. The van der Waals surface area contributed by atoms with Crippen LogP contribution in [0.1, 0.15) is 17.5 Å². The summed E-state index contributed by atoms with van der Waals surface area (Å²) in [6, 6.07) is 16.5. The van der Waals surface area contributed by atoms with Crippen LogP contribution in [-0.2, 0) is 9.63 Å². The van der Waals surface area contributed by atoms with E-state index in [4.69, 9.17) is 4.84 Å². The molecule has 1 saturated heterocycles. The normalized spacial score (nSPS) is 22.6. The molecule has 0 saturated carbocycles. The molecule has 6 heteroatoms. The summed E-state index contributed by atoms with van der Waals surface area (Å²) in [5, 5.41) is 4.14. The van der Waals surface area contributed by atoms with E-state index in [1.54, 1.807) is 0 Å². The molecule has 0 bridgehead atoms. The number of para-hydroxylation sites is 1. The Morgan fingerprint density at radius 2 is 1.72 bits per heavy atom. The second kappa shape index (κ2) is 5.44. The zero-order chi connectivity index (χ0) is 17.6. The molecule has 0 aromatic heterocycles. The zero-order valence-corrected chi connectivity index (χ0v) is 14.0. The topological polar surface area (TPSA) is 62.2 Å². The lowest BCUT2D eigenvalue weighted by molar-refractivity contribution is -0.144. The summed E-state index contributed by atoms with van der Waals surface area (Å²) in [7, 11) is 1.47. The van der Waals surface area contributed by atoms with E-state index in [-0.39, 0.29) is 6.42 Å². The van der Waals surface area contributed by atoms with E-state index in [9.17, 15) is 9.59 Å². The summed E-state index contributed by atoms with van der Waals surface area (Å²) in [6.07, 6.45) is 0.209. The van der Waals surface area contributed by atoms with E-state index in [0.717, 1.165) is 16.0 Å². The van der Waals surface area contributed by atoms with Crippen LogP contribution in [-0.4, -0.2) is 35.3 Å². The predicted molar refractivity (Wildman–Crippen MR) is 93.2 cm³/mol. The van der Waals surface area contributed by atoms with Crippen molar-refractivity contribution in [3.05, 3.63) is 65.7 Å². The molecular weight excluding hydrogens is 318 g/mol. The average Bonchev–Trinajstić information content (AvgIpc) is 3.15. The van der Waals surface area contributed by atoms with Crippen molar-refractivity contribution < 1.29 is 14.4 Å². The lowest BCUT2D eigenvalue weighted by Gasteiger charge is -2.29. The third kappa shape index (κ3) is 2.14. The number of nitrogens with zero attached hydrogens (tertiary/aromatic N) is 3. The molecule has 2 aliphatic rings. The number of imide groups is 1. The van der Waals surface area contributed by atoms with Gasteiger partial charge in [-0.1, -0.05) is 53.7 Å². The van der Waals surface area contributed by atoms with Crippen LogP contribution < -0.4 is 4.90 Å². The number of hydrogen-bond donors (Lipinski definition) is 0. The van der Waals surface area contributed by atoms with Gasteiger partial charge in [0.05, 0.1) is 17.8 Å². The largest absolute Gasteiger partial charge is 0.355 e. The molecule has 2 aromatic carbocycles. The first kappa shape index (κ1) is 15.4. The van der Waals surface area contributed by atoms with Gasteiger partial charge in [0, 0.05) is 7.05 Å². The number of likely N-dealkylation sites (N-methyl/N-ethyl adjacent to an activating group) is 1. The van der Waals surface area contributed by atoms with Crippen LogP contribution in [0.2, 0.25) is 0 Å². The Bertz CT molecular complexity index is 894. The smallest absolute Gasteiger partial charge is 0.334 e. The number of carbonyl (C=O) groups is 2. The van der Waals surface area contributed by atoms with Crippen LogP contribution in [0.5, 0.6) is 0 Å². The molecule has 1 spiro atoms. The van der Waals surface area contributed by atoms with Crippen molar-refractivity contribution >= 4 is 23.3 Å². The fourth-order valence-corrected chi connectivity index (χ4v) is 3.30. The number of benzene rings is 2. The van der Waals surface area contributed by atoms with Crippen molar-refractivity contribution in [3.8, 4) is 0 Å². The van der Waals surface area contributed by atoms with E-state index < -0.39 is 17.7 Å². The Morgan fingerprint density at radius 3 is 2.44 bits per heavy atom. The molecular formula is C19H17N3O3. The first-order valence-corrected chi connectivity index (χ1v) is 8.03. The Morgan fingerprint density at radius 1 is 1.04 bits per heavy atom. The molecule has 126 valence electrons. The predicted octanol–water partition coefficient (Wildman–Crippen LogP) is 2.91. The van der Waals surface area contributed by atoms with Crippen molar-refractivity contribution in [1.29, 1.82) is 0 Å². The molecule has 2 aromatic rings. The number of oxime groups is 1. The Balaban J connectivity index is 1.78. The third-order valence-corrected chi connectivity index (χ3v) is 4.66. The highest BCUT2D eigenvalue weighted by Gasteiger charge is 2.62. The second-order valence-corrected chi connectivity index (χ2v) is 6.23. The van der Waals surface area contributed by atoms with Crippen molar-refractivity contribution in [2.24, 2.45) is 5.16 Å². The first-order valence-electron chi connectivity index (χ1n) is 8.03. The summed E-state index contributed by atoms with van der Waals surface area (Å²) in [5.74, 6) is -0.407. The van der Waals surface area contributed by atoms with Gasteiger partial charge in [0.1, 0.15) is 0 Å². The maximum absolute atomic E-state index is 12.9. The number of carbonyl (C=O) groups excluding carboxylic acids is 2. The molecule has 3 amide bonds. The fraction of sp³-hybridized carbons (Fsp3) is 0.211. The molecule has 2 aliphatic heterocycles. The highest BCUT2D eigenvalue weighted by Crippen LogP contribution is 2.41. The number of urea groups is 1. The summed E-state index contributed by atoms with van der Waals surface area (Å²) in [6.45, 7) is 1.90. The van der Waals surface area contributed by atoms with Gasteiger partial charge >= 0.3 is 11.8 Å². The molecule has 4 rings (SSSR count). The number of amides is 3. The number of hydrogen-bond acceptors (Lipinski definition) is 4. The van der Waals surface area contributed by atoms with Gasteiger partial charge in [-0.25, -0.2) is 9.69 Å². The molecule has 2 heterocycles. The molecule has 0 N–H and O–H groups in total. The van der Waals surface area contributed by atoms with Gasteiger partial charge < -0.3 is 4.84 Å². The second-order valence-electron chi connectivity index (χ2n) is 6.23. The Kier molecular flexibility index (Phi) is 3.35. The quantitative estimate of drug-likeness (QED) is 0.793. The van der Waals surface area contributed by atoms with Crippen LogP contribution in [0.3, 0.4) is 0 Å². The van der Waals surface area contributed by atoms with Gasteiger partial charge in [-0.05, 0) is 24.1 Å². The molecule has 0 radical (unpaired) electrons. The lowest BCUT2D eigenvalue weighted by Crippen LogP contribution is -2.50. The van der Waals surface area contributed by atoms with Crippen molar-refractivity contribution in [2.45, 2.75) is 19.1 Å². The number of aryl methyl sites for hydroxylation is 1. The standard InChI is InChI=1S/C19H17N3O3/c1-13-8-6-7-11-16(13)22-18(24)21(2)17(23)19(22)12-15(20-25-19)14-9-4-3-5-10-14/h3-11H,12H2,1-2H3/t19-/m0/s1. The molecule has 0 unspecified atom stereocenters. The van der Waals surface area contributed by atoms with Crippen LogP contribution in [0.4, 0.5) is 10.5 Å². The van der Waals surface area contributed by atoms with Crippen LogP contribution in [0.15, 0.2) is 59.8 Å². The molecule has 6 nitrogen and oxygen atoms in total. The van der Waals surface area contributed by atoms with E-state index in [1.807, 2.05) is 61.5 Å². The van der Waals surface area contributed by atoms with Crippen LogP contribution in [0, 0.1) is 6.92 Å². The van der Waals surface area contributed by atoms with E-state index in [1.165, 1.54) is 11.9 Å². The lowest BCUT2D eigenvalue weighted by atomic mass is 9.99. The van der Waals surface area contributed by atoms with E-state index in [2.05, 4.69) is 5.16 Å². The van der Waals surface area contributed by atoms with Gasteiger partial charge in [0.15, 0.2) is 0 Å². The van der Waals surface area contributed by atoms with Crippen molar-refractivity contribution in [2.75, 3.05) is 11.9 Å². The maximum atomic E-state index is 12.9. The SMILES string of the molecule is Cc1ccccc1N1C(=O)N(C)C(=O)[C@@]12CC(c1ccccc1)=NO2. The molecule has 1 atom stereocenters. The highest BCUT2D eigenvalue weighted by atomic mass is 16.7. The number of anilines is 1. The van der Waals surface area contributed by atoms with Gasteiger partial charge in [-0.15, -0.1) is 0 Å². The molecule has 25 heavy (non-hydrogen) atoms. The van der Waals surface area contributed by atoms with E-state index >= 15 is 0 Å². The third-order valence-electron chi connectivity index (χ3n) is 4.66. The summed E-state index contributed by atoms with van der Waals surface area (Å²) >= 11 is 0. The van der Waals surface area contributed by atoms with Crippen molar-refractivity contribution in [1.82, 2.24) is 4.90 Å². The summed E-state index contributed by atoms with van der Waals surface area (Å²) < 4.78 is 0. The minimum absolute atomic E-state index is 0.209. The van der Waals surface area contributed by atoms with Crippen LogP contribution >= 0.6 is 0 Å². The Labute approximate surface area is 145 Å². The minimum atomic E-state index is -1.46. The minimum Gasteiger partial charge on any atom is -0.355 e. The fourth-order valence-electron chi connectivity index (χ4n) is 3.30. The zero-order valence-electron chi connectivity index (χ0n) is 14.0. The van der Waals surface area contributed by atoms with Gasteiger partial charge in [0.2, 0.25) is 0 Å². The van der Waals surface area contributed by atoms with Gasteiger partial charge in [-0.2, -0.15) is 0 Å². The highest BCUT2D eigenvalue weighted by molar-refractivity contribution is 6.19. The van der Waals surface area contributed by atoms with Gasteiger partial charge in [0.25, 0.3) is 5.91 Å². The van der Waals surface area contributed by atoms with Crippen molar-refractivity contribution in [3.63, 3.8) is 0 Å². The molecule has 1 fully saturated rings. The van der Waals surface area contributed by atoms with Crippen LogP contribution in [0.25, 0.3) is 0 Å². The molecule has 0 aliphatic carbocycles. The summed E-state index contributed by atoms with van der Waals surface area (Å²) in [4.78, 5) is 33.8. The van der Waals surface area contributed by atoms with E-state index in [0.29, 0.717) is 11.4 Å². The number of rotatable bonds is 2. The summed E-state index contributed by atoms with van der Waals surface area (Å²) in [5.41, 5.74) is 1.60. The maximum Gasteiger partial charge on any atom is 0.334 e. The average molecular weight is 335 g/mol.